The van der Waals surface area contributed by atoms with Crippen LogP contribution in [0.4, 0.5) is 10.1 Å². The molecule has 2 aromatic carbocycles. The Balaban J connectivity index is 2.15. The van der Waals surface area contributed by atoms with E-state index in [9.17, 15) is 4.39 Å². The SMILES string of the molecule is CCc1ccc(C(CN)Nc2cccc(F)c2)cc1. The van der Waals surface area contributed by atoms with E-state index in [0.717, 1.165) is 17.7 Å². The van der Waals surface area contributed by atoms with Gasteiger partial charge < -0.3 is 11.1 Å². The fourth-order valence-corrected chi connectivity index (χ4v) is 2.04. The van der Waals surface area contributed by atoms with Crippen molar-refractivity contribution in [2.75, 3.05) is 11.9 Å². The summed E-state index contributed by atoms with van der Waals surface area (Å²) in [6.45, 7) is 2.59. The predicted octanol–water partition coefficient (Wildman–Crippen LogP) is 3.50. The lowest BCUT2D eigenvalue weighted by atomic mass is 10.0. The van der Waals surface area contributed by atoms with Gasteiger partial charge in [0.15, 0.2) is 0 Å². The highest BCUT2D eigenvalue weighted by Gasteiger charge is 2.09. The molecule has 100 valence electrons. The molecule has 1 atom stereocenters. The summed E-state index contributed by atoms with van der Waals surface area (Å²) in [5, 5.41) is 3.26. The van der Waals surface area contributed by atoms with Crippen LogP contribution >= 0.6 is 0 Å². The van der Waals surface area contributed by atoms with Crippen LogP contribution in [0.5, 0.6) is 0 Å². The van der Waals surface area contributed by atoms with Gasteiger partial charge >= 0.3 is 0 Å². The Labute approximate surface area is 113 Å². The molecule has 0 saturated carbocycles. The van der Waals surface area contributed by atoms with E-state index in [0.29, 0.717) is 6.54 Å². The first-order valence-electron chi connectivity index (χ1n) is 6.54. The van der Waals surface area contributed by atoms with Gasteiger partial charge in [-0.1, -0.05) is 37.3 Å². The molecule has 0 saturated heterocycles. The van der Waals surface area contributed by atoms with E-state index in [1.807, 2.05) is 6.07 Å². The number of anilines is 1. The monoisotopic (exact) mass is 258 g/mol. The average molecular weight is 258 g/mol. The first-order valence-corrected chi connectivity index (χ1v) is 6.54. The number of benzene rings is 2. The van der Waals surface area contributed by atoms with Crippen molar-refractivity contribution < 1.29 is 4.39 Å². The van der Waals surface area contributed by atoms with Crippen LogP contribution in [0.2, 0.25) is 0 Å². The average Bonchev–Trinajstić information content (AvgIpc) is 2.45. The molecule has 0 aliphatic heterocycles. The third-order valence-electron chi connectivity index (χ3n) is 3.19. The van der Waals surface area contributed by atoms with E-state index in [-0.39, 0.29) is 11.9 Å². The summed E-state index contributed by atoms with van der Waals surface area (Å²) in [4.78, 5) is 0. The molecule has 0 heterocycles. The summed E-state index contributed by atoms with van der Waals surface area (Å²) in [5.41, 5.74) is 8.96. The molecule has 0 bridgehead atoms. The van der Waals surface area contributed by atoms with E-state index in [1.165, 1.54) is 17.7 Å². The Bertz CT molecular complexity index is 523. The van der Waals surface area contributed by atoms with E-state index in [1.54, 1.807) is 6.07 Å². The van der Waals surface area contributed by atoms with Gasteiger partial charge in [-0.2, -0.15) is 0 Å². The maximum absolute atomic E-state index is 13.2. The van der Waals surface area contributed by atoms with Crippen molar-refractivity contribution in [3.63, 3.8) is 0 Å². The Hall–Kier alpha value is -1.87. The Kier molecular flexibility index (Phi) is 4.53. The summed E-state index contributed by atoms with van der Waals surface area (Å²) in [6, 6.07) is 14.8. The van der Waals surface area contributed by atoms with Crippen molar-refractivity contribution in [1.82, 2.24) is 0 Å². The number of nitrogens with two attached hydrogens (primary N) is 1. The Morgan fingerprint density at radius 2 is 1.89 bits per heavy atom. The summed E-state index contributed by atoms with van der Waals surface area (Å²) in [5.74, 6) is -0.248. The highest BCUT2D eigenvalue weighted by atomic mass is 19.1. The zero-order valence-corrected chi connectivity index (χ0v) is 11.1. The van der Waals surface area contributed by atoms with Gasteiger partial charge in [0.25, 0.3) is 0 Å². The molecule has 0 fully saturated rings. The fourth-order valence-electron chi connectivity index (χ4n) is 2.04. The molecule has 0 radical (unpaired) electrons. The summed E-state index contributed by atoms with van der Waals surface area (Å²) in [7, 11) is 0. The van der Waals surface area contributed by atoms with Crippen molar-refractivity contribution in [2.45, 2.75) is 19.4 Å². The van der Waals surface area contributed by atoms with Crippen LogP contribution in [0.25, 0.3) is 0 Å². The molecule has 0 aromatic heterocycles. The third kappa shape index (κ3) is 3.55. The molecule has 2 rings (SSSR count). The molecule has 19 heavy (non-hydrogen) atoms. The van der Waals surface area contributed by atoms with Crippen LogP contribution in [-0.2, 0) is 6.42 Å². The van der Waals surface area contributed by atoms with Crippen LogP contribution in [0, 0.1) is 5.82 Å². The molecule has 0 spiro atoms. The lowest BCUT2D eigenvalue weighted by Crippen LogP contribution is -2.20. The molecule has 0 amide bonds. The van der Waals surface area contributed by atoms with Gasteiger partial charge in [-0.25, -0.2) is 4.39 Å². The van der Waals surface area contributed by atoms with Gasteiger partial charge in [-0.05, 0) is 35.7 Å². The molecular formula is C16H19FN2. The normalized spacial score (nSPS) is 12.2. The van der Waals surface area contributed by atoms with Crippen LogP contribution in [0.3, 0.4) is 0 Å². The Morgan fingerprint density at radius 1 is 1.16 bits per heavy atom. The number of nitrogens with one attached hydrogen (secondary N) is 1. The predicted molar refractivity (Wildman–Crippen MR) is 77.6 cm³/mol. The highest BCUT2D eigenvalue weighted by molar-refractivity contribution is 5.46. The molecule has 3 heteroatoms. The van der Waals surface area contributed by atoms with Gasteiger partial charge in [0.05, 0.1) is 6.04 Å². The van der Waals surface area contributed by atoms with Crippen LogP contribution in [0.15, 0.2) is 48.5 Å². The smallest absolute Gasteiger partial charge is 0.125 e. The third-order valence-corrected chi connectivity index (χ3v) is 3.19. The second-order valence-corrected chi connectivity index (χ2v) is 4.54. The maximum Gasteiger partial charge on any atom is 0.125 e. The molecule has 2 aromatic rings. The van der Waals surface area contributed by atoms with E-state index < -0.39 is 0 Å². The minimum Gasteiger partial charge on any atom is -0.377 e. The van der Waals surface area contributed by atoms with Crippen LogP contribution in [0.1, 0.15) is 24.1 Å². The second-order valence-electron chi connectivity index (χ2n) is 4.54. The quantitative estimate of drug-likeness (QED) is 0.861. The first-order chi connectivity index (χ1) is 9.22. The minimum atomic E-state index is -0.248. The van der Waals surface area contributed by atoms with Crippen molar-refractivity contribution in [3.8, 4) is 0 Å². The van der Waals surface area contributed by atoms with Gasteiger partial charge in [0, 0.05) is 12.2 Å². The number of aryl methyl sites for hydroxylation is 1. The molecular weight excluding hydrogens is 239 g/mol. The number of hydrogen-bond donors (Lipinski definition) is 2. The van der Waals surface area contributed by atoms with Gasteiger partial charge in [-0.3, -0.25) is 0 Å². The summed E-state index contributed by atoms with van der Waals surface area (Å²) >= 11 is 0. The molecule has 0 aliphatic carbocycles. The van der Waals surface area contributed by atoms with Gasteiger partial charge in [0.2, 0.25) is 0 Å². The fraction of sp³-hybridized carbons (Fsp3) is 0.250. The topological polar surface area (TPSA) is 38.0 Å². The van der Waals surface area contributed by atoms with Gasteiger partial charge in [-0.15, -0.1) is 0 Å². The highest BCUT2D eigenvalue weighted by Crippen LogP contribution is 2.20. The standard InChI is InChI=1S/C16H19FN2/c1-2-12-6-8-13(9-7-12)16(11-18)19-15-5-3-4-14(17)10-15/h3-10,16,19H,2,11,18H2,1H3. The zero-order valence-electron chi connectivity index (χ0n) is 11.1. The Morgan fingerprint density at radius 3 is 2.47 bits per heavy atom. The van der Waals surface area contributed by atoms with E-state index >= 15 is 0 Å². The molecule has 0 aliphatic rings. The molecule has 3 N–H and O–H groups in total. The zero-order chi connectivity index (χ0) is 13.7. The summed E-state index contributed by atoms with van der Waals surface area (Å²) < 4.78 is 13.2. The van der Waals surface area contributed by atoms with Crippen molar-refractivity contribution >= 4 is 5.69 Å². The number of hydrogen-bond acceptors (Lipinski definition) is 2. The summed E-state index contributed by atoms with van der Waals surface area (Å²) in [6.07, 6.45) is 1.02. The second kappa shape index (κ2) is 6.34. The minimum absolute atomic E-state index is 0.00675. The lowest BCUT2D eigenvalue weighted by Gasteiger charge is -2.19. The number of halogens is 1. The number of rotatable bonds is 5. The van der Waals surface area contributed by atoms with Crippen LogP contribution in [-0.4, -0.2) is 6.54 Å². The molecule has 2 nitrogen and oxygen atoms in total. The maximum atomic E-state index is 13.2. The van der Waals surface area contributed by atoms with E-state index in [4.69, 9.17) is 5.73 Å². The van der Waals surface area contributed by atoms with Crippen molar-refractivity contribution in [1.29, 1.82) is 0 Å². The van der Waals surface area contributed by atoms with Crippen LogP contribution < -0.4 is 11.1 Å². The molecule has 1 unspecified atom stereocenters. The van der Waals surface area contributed by atoms with Crippen molar-refractivity contribution in [3.05, 3.63) is 65.5 Å². The van der Waals surface area contributed by atoms with Gasteiger partial charge in [0.1, 0.15) is 5.82 Å². The lowest BCUT2D eigenvalue weighted by molar-refractivity contribution is 0.627. The largest absolute Gasteiger partial charge is 0.377 e. The van der Waals surface area contributed by atoms with Crippen molar-refractivity contribution in [2.24, 2.45) is 5.73 Å². The first kappa shape index (κ1) is 13.6. The van der Waals surface area contributed by atoms with E-state index in [2.05, 4.69) is 36.5 Å².